The van der Waals surface area contributed by atoms with Gasteiger partial charge in [-0.1, -0.05) is 0 Å². The second kappa shape index (κ2) is 10.2. The molecule has 0 aliphatic heterocycles. The largest absolute Gasteiger partial charge is 0.480 e. The van der Waals surface area contributed by atoms with Gasteiger partial charge in [-0.15, -0.1) is 0 Å². The maximum atomic E-state index is 12.1. The molecule has 0 radical (unpaired) electrons. The molecule has 0 heterocycles. The molecule has 0 aromatic heterocycles. The van der Waals surface area contributed by atoms with Gasteiger partial charge in [0.1, 0.15) is 12.1 Å². The zero-order valence-corrected chi connectivity index (χ0v) is 13.8. The van der Waals surface area contributed by atoms with Crippen molar-refractivity contribution >= 4 is 29.6 Å². The lowest BCUT2D eigenvalue weighted by atomic mass is 10.1. The van der Waals surface area contributed by atoms with Gasteiger partial charge >= 0.3 is 5.97 Å². The normalized spacial score (nSPS) is 15.2. The summed E-state index contributed by atoms with van der Waals surface area (Å²) in [6.07, 6.45) is -1.88. The molecule has 0 aromatic rings. The predicted octanol–water partition coefficient (Wildman–Crippen LogP) is -4.24. The van der Waals surface area contributed by atoms with E-state index in [2.05, 4.69) is 16.0 Å². The zero-order valence-electron chi connectivity index (χ0n) is 13.8. The lowest BCUT2D eigenvalue weighted by Crippen LogP contribution is -2.57. The van der Waals surface area contributed by atoms with Crippen LogP contribution in [-0.2, 0) is 24.0 Å². The van der Waals surface area contributed by atoms with Gasteiger partial charge in [-0.25, -0.2) is 4.79 Å². The average molecular weight is 361 g/mol. The quantitative estimate of drug-likeness (QED) is 0.202. The van der Waals surface area contributed by atoms with E-state index in [1.807, 2.05) is 0 Å². The number of hydrogen-bond donors (Lipinski definition) is 7. The number of carbonyl (C=O) groups is 5. The molecule has 0 spiro atoms. The molecule has 12 heteroatoms. The van der Waals surface area contributed by atoms with Crippen LogP contribution in [0.1, 0.15) is 20.3 Å². The van der Waals surface area contributed by atoms with E-state index < -0.39 is 66.8 Å². The van der Waals surface area contributed by atoms with Crippen LogP contribution < -0.4 is 27.4 Å². The zero-order chi connectivity index (χ0) is 19.7. The minimum Gasteiger partial charge on any atom is -0.480 e. The number of carboxylic acid groups (broad SMARTS) is 1. The fourth-order valence-corrected chi connectivity index (χ4v) is 1.71. The summed E-state index contributed by atoms with van der Waals surface area (Å²) in [4.78, 5) is 57.2. The highest BCUT2D eigenvalue weighted by Gasteiger charge is 2.29. The van der Waals surface area contributed by atoms with E-state index >= 15 is 0 Å². The number of nitrogens with one attached hydrogen (secondary N) is 3. The molecule has 4 unspecified atom stereocenters. The van der Waals surface area contributed by atoms with E-state index in [9.17, 15) is 29.1 Å². The van der Waals surface area contributed by atoms with Crippen LogP contribution in [0.5, 0.6) is 0 Å². The molecule has 0 bridgehead atoms. The Labute approximate surface area is 143 Å². The lowest BCUT2D eigenvalue weighted by molar-refractivity contribution is -0.145. The first-order valence-corrected chi connectivity index (χ1v) is 7.28. The number of carboxylic acids is 1. The van der Waals surface area contributed by atoms with Crippen molar-refractivity contribution in [1.82, 2.24) is 16.0 Å². The number of aliphatic hydroxyl groups excluding tert-OH is 1. The Morgan fingerprint density at radius 2 is 1.56 bits per heavy atom. The van der Waals surface area contributed by atoms with Gasteiger partial charge in [-0.2, -0.15) is 0 Å². The van der Waals surface area contributed by atoms with Crippen LogP contribution >= 0.6 is 0 Å². The minimum absolute atomic E-state index is 0.423. The van der Waals surface area contributed by atoms with Crippen molar-refractivity contribution in [3.05, 3.63) is 0 Å². The Morgan fingerprint density at radius 1 is 1.00 bits per heavy atom. The van der Waals surface area contributed by atoms with E-state index in [-0.39, 0.29) is 0 Å². The fraction of sp³-hybridized carbons (Fsp3) is 0.615. The highest BCUT2D eigenvalue weighted by atomic mass is 16.4. The van der Waals surface area contributed by atoms with Gasteiger partial charge in [0.25, 0.3) is 0 Å². The van der Waals surface area contributed by atoms with E-state index in [1.54, 1.807) is 0 Å². The van der Waals surface area contributed by atoms with Crippen LogP contribution in [0.4, 0.5) is 0 Å². The average Bonchev–Trinajstić information content (AvgIpc) is 2.49. The summed E-state index contributed by atoms with van der Waals surface area (Å²) in [5.74, 6) is -4.80. The second-order valence-corrected chi connectivity index (χ2v) is 5.29. The third-order valence-electron chi connectivity index (χ3n) is 3.04. The minimum atomic E-state index is -1.56. The number of primary amides is 1. The van der Waals surface area contributed by atoms with E-state index in [1.165, 1.54) is 13.8 Å². The highest BCUT2D eigenvalue weighted by molar-refractivity contribution is 5.95. The molecule has 0 fully saturated rings. The maximum Gasteiger partial charge on any atom is 0.328 e. The van der Waals surface area contributed by atoms with Crippen LogP contribution in [0, 0.1) is 0 Å². The molecule has 4 amide bonds. The number of nitrogens with two attached hydrogens (primary N) is 2. The molecule has 12 nitrogen and oxygen atoms in total. The van der Waals surface area contributed by atoms with Crippen LogP contribution in [0.15, 0.2) is 0 Å². The molecular formula is C13H23N5O7. The molecule has 142 valence electrons. The monoisotopic (exact) mass is 361 g/mol. The van der Waals surface area contributed by atoms with Crippen LogP contribution in [0.2, 0.25) is 0 Å². The van der Waals surface area contributed by atoms with Gasteiger partial charge < -0.3 is 37.6 Å². The van der Waals surface area contributed by atoms with Crippen molar-refractivity contribution in [2.75, 3.05) is 6.54 Å². The third-order valence-corrected chi connectivity index (χ3v) is 3.04. The van der Waals surface area contributed by atoms with Gasteiger partial charge in [-0.3, -0.25) is 19.2 Å². The standard InChI is InChI=1S/C13H23N5O7/c1-5(11(22)18-10(6(2)19)13(24)25)16-12(23)7(3-8(15)20)17-9(21)4-14/h5-7,10,19H,3-4,14H2,1-2H3,(H2,15,20)(H,16,23)(H,17,21)(H,18,22)(H,24,25). The van der Waals surface area contributed by atoms with Gasteiger partial charge in [0.2, 0.25) is 23.6 Å². The Balaban J connectivity index is 4.91. The van der Waals surface area contributed by atoms with Gasteiger partial charge in [-0.05, 0) is 13.8 Å². The first kappa shape index (κ1) is 22.3. The summed E-state index contributed by atoms with van der Waals surface area (Å²) < 4.78 is 0. The SMILES string of the molecule is CC(NC(=O)C(CC(N)=O)NC(=O)CN)C(=O)NC(C(=O)O)C(C)O. The highest BCUT2D eigenvalue weighted by Crippen LogP contribution is 1.97. The smallest absolute Gasteiger partial charge is 0.328 e. The molecule has 0 aliphatic carbocycles. The third kappa shape index (κ3) is 8.08. The predicted molar refractivity (Wildman–Crippen MR) is 83.6 cm³/mol. The van der Waals surface area contributed by atoms with Crippen molar-refractivity contribution in [3.8, 4) is 0 Å². The Bertz CT molecular complexity index is 537. The number of hydrogen-bond acceptors (Lipinski definition) is 7. The van der Waals surface area contributed by atoms with Crippen molar-refractivity contribution in [2.45, 2.75) is 44.5 Å². The van der Waals surface area contributed by atoms with Crippen LogP contribution in [0.25, 0.3) is 0 Å². The first-order chi connectivity index (χ1) is 11.5. The Morgan fingerprint density at radius 3 is 1.96 bits per heavy atom. The van der Waals surface area contributed by atoms with Crippen molar-refractivity contribution in [1.29, 1.82) is 0 Å². The number of amides is 4. The van der Waals surface area contributed by atoms with Crippen molar-refractivity contribution < 1.29 is 34.2 Å². The van der Waals surface area contributed by atoms with E-state index in [4.69, 9.17) is 16.6 Å². The fourth-order valence-electron chi connectivity index (χ4n) is 1.71. The van der Waals surface area contributed by atoms with Gasteiger partial charge in [0.05, 0.1) is 19.1 Å². The topological polar surface area (TPSA) is 214 Å². The van der Waals surface area contributed by atoms with Gasteiger partial charge in [0, 0.05) is 0 Å². The molecule has 0 aromatic carbocycles. The number of aliphatic carboxylic acids is 1. The summed E-state index contributed by atoms with van der Waals surface area (Å²) in [7, 11) is 0. The number of aliphatic hydroxyl groups is 1. The number of rotatable bonds is 10. The molecule has 0 saturated heterocycles. The summed E-state index contributed by atoms with van der Waals surface area (Å²) >= 11 is 0. The summed E-state index contributed by atoms with van der Waals surface area (Å²) in [5.41, 5.74) is 10.1. The second-order valence-electron chi connectivity index (χ2n) is 5.29. The van der Waals surface area contributed by atoms with E-state index in [0.717, 1.165) is 0 Å². The van der Waals surface area contributed by atoms with E-state index in [0.29, 0.717) is 0 Å². The summed E-state index contributed by atoms with van der Waals surface area (Å²) in [6.45, 7) is 2.00. The Kier molecular flexibility index (Phi) is 9.09. The molecular weight excluding hydrogens is 338 g/mol. The molecule has 25 heavy (non-hydrogen) atoms. The van der Waals surface area contributed by atoms with Gasteiger partial charge in [0.15, 0.2) is 6.04 Å². The lowest BCUT2D eigenvalue weighted by Gasteiger charge is -2.22. The summed E-state index contributed by atoms with van der Waals surface area (Å²) in [6, 6.07) is -4.11. The van der Waals surface area contributed by atoms with Crippen LogP contribution in [-0.4, -0.2) is 70.6 Å². The summed E-state index contributed by atoms with van der Waals surface area (Å²) in [5, 5.41) is 24.6. The van der Waals surface area contributed by atoms with Crippen molar-refractivity contribution in [3.63, 3.8) is 0 Å². The molecule has 0 saturated carbocycles. The number of carbonyl (C=O) groups excluding carboxylic acids is 4. The van der Waals surface area contributed by atoms with Crippen molar-refractivity contribution in [2.24, 2.45) is 11.5 Å². The Hall–Kier alpha value is -2.73. The molecule has 0 aliphatic rings. The van der Waals surface area contributed by atoms with Crippen LogP contribution in [0.3, 0.4) is 0 Å². The first-order valence-electron chi connectivity index (χ1n) is 7.28. The molecule has 9 N–H and O–H groups in total. The maximum absolute atomic E-state index is 12.1. The molecule has 4 atom stereocenters. The molecule has 0 rings (SSSR count).